The Morgan fingerprint density at radius 1 is 0.889 bits per heavy atom. The summed E-state index contributed by atoms with van der Waals surface area (Å²) in [5.41, 5.74) is 1.10. The fourth-order valence-corrected chi connectivity index (χ4v) is 6.37. The number of benzene rings is 3. The highest BCUT2D eigenvalue weighted by molar-refractivity contribution is 8.00. The van der Waals surface area contributed by atoms with Crippen molar-refractivity contribution < 1.29 is 33.4 Å². The number of nitrogens with one attached hydrogen (secondary N) is 2. The number of nitrogens with zero attached hydrogens (tertiary/aromatic N) is 1. The number of hydrogen-bond acceptors (Lipinski definition) is 8. The zero-order valence-corrected chi connectivity index (χ0v) is 25.8. The maximum absolute atomic E-state index is 13.7. The van der Waals surface area contributed by atoms with Crippen LogP contribution in [0, 0.1) is 0 Å². The largest absolute Gasteiger partial charge is 0.448 e. The molecular weight excluding hydrogens is 594 g/mol. The first-order chi connectivity index (χ1) is 21.6. The zero-order valence-electron chi connectivity index (χ0n) is 25.0. The van der Waals surface area contributed by atoms with Gasteiger partial charge in [-0.3, -0.25) is 19.3 Å². The molecule has 2 aliphatic heterocycles. The molecular formula is C34H33N3O7S. The van der Waals surface area contributed by atoms with E-state index in [2.05, 4.69) is 10.6 Å². The molecule has 1 fully saturated rings. The van der Waals surface area contributed by atoms with Crippen molar-refractivity contribution in [1.82, 2.24) is 15.5 Å². The van der Waals surface area contributed by atoms with Crippen LogP contribution in [0.4, 0.5) is 4.79 Å². The zero-order chi connectivity index (χ0) is 32.1. The van der Waals surface area contributed by atoms with Crippen LogP contribution in [-0.2, 0) is 28.7 Å². The second kappa shape index (κ2) is 13.4. The van der Waals surface area contributed by atoms with Crippen LogP contribution in [0.5, 0.6) is 0 Å². The highest BCUT2D eigenvalue weighted by atomic mass is 32.2. The number of ether oxygens (including phenoxy) is 2. The van der Waals surface area contributed by atoms with Gasteiger partial charge in [-0.2, -0.15) is 0 Å². The summed E-state index contributed by atoms with van der Waals surface area (Å²) in [7, 11) is 0. The fraction of sp³-hybridized carbons (Fsp3) is 0.265. The summed E-state index contributed by atoms with van der Waals surface area (Å²) in [5.74, 6) is -1.90. The quantitative estimate of drug-likeness (QED) is 0.202. The molecule has 3 amide bonds. The van der Waals surface area contributed by atoms with Crippen molar-refractivity contribution in [3.63, 3.8) is 0 Å². The molecule has 5 rings (SSSR count). The minimum atomic E-state index is -1.15. The standard InChI is InChI=1S/C34H33N3O7S/c1-34(2,3)44-33(42)36-25(21-13-7-4-8-14-21)29(39)35-26-30(40)37-27(24(19-38)20-45-31(26)37)32(41)43-28(22-15-9-5-10-16-22)23-17-11-6-12-18-23/h4-19,25-26,28,31H,20H2,1-3H3,(H,35,39)(H,36,42)/t25?,26-,31-/m1/s1. The van der Waals surface area contributed by atoms with Crippen molar-refractivity contribution in [1.29, 1.82) is 0 Å². The smallest absolute Gasteiger partial charge is 0.408 e. The SMILES string of the molecule is CC(C)(C)OC(=O)NC(C(=O)N[C@@H]1C(=O)N2C(C(=O)OC(c3ccccc3)c3ccccc3)=C(C=O)CS[C@H]12)c1ccccc1. The lowest BCUT2D eigenvalue weighted by atomic mass is 10.00. The van der Waals surface area contributed by atoms with Crippen LogP contribution in [0.2, 0.25) is 0 Å². The lowest BCUT2D eigenvalue weighted by Crippen LogP contribution is -2.71. The molecule has 10 nitrogen and oxygen atoms in total. The van der Waals surface area contributed by atoms with E-state index < -0.39 is 53.0 Å². The second-order valence-electron chi connectivity index (χ2n) is 11.5. The van der Waals surface area contributed by atoms with Crippen LogP contribution < -0.4 is 10.6 Å². The predicted octanol–water partition coefficient (Wildman–Crippen LogP) is 4.44. The van der Waals surface area contributed by atoms with E-state index in [1.807, 2.05) is 60.7 Å². The second-order valence-corrected chi connectivity index (χ2v) is 12.6. The molecule has 11 heteroatoms. The van der Waals surface area contributed by atoms with Gasteiger partial charge in [-0.25, -0.2) is 9.59 Å². The number of hydrogen-bond donors (Lipinski definition) is 2. The number of β-lactam (4-membered cyclic amide) rings is 1. The summed E-state index contributed by atoms with van der Waals surface area (Å²) in [5, 5.41) is 4.65. The number of aldehydes is 1. The molecule has 0 saturated carbocycles. The van der Waals surface area contributed by atoms with Gasteiger partial charge < -0.3 is 20.1 Å². The van der Waals surface area contributed by atoms with Crippen LogP contribution in [-0.4, -0.2) is 57.8 Å². The maximum atomic E-state index is 13.7. The summed E-state index contributed by atoms with van der Waals surface area (Å²) < 4.78 is 11.3. The maximum Gasteiger partial charge on any atom is 0.408 e. The minimum Gasteiger partial charge on any atom is -0.448 e. The highest BCUT2D eigenvalue weighted by Gasteiger charge is 2.55. The van der Waals surface area contributed by atoms with E-state index in [1.54, 1.807) is 51.1 Å². The summed E-state index contributed by atoms with van der Waals surface area (Å²) in [6, 6.07) is 24.7. The molecule has 3 aromatic carbocycles. The van der Waals surface area contributed by atoms with Crippen LogP contribution in [0.15, 0.2) is 102 Å². The molecule has 0 bridgehead atoms. The van der Waals surface area contributed by atoms with Crippen molar-refractivity contribution in [3.05, 3.63) is 119 Å². The average Bonchev–Trinajstić information content (AvgIpc) is 3.04. The molecule has 0 spiro atoms. The lowest BCUT2D eigenvalue weighted by molar-refractivity contribution is -0.155. The molecule has 3 atom stereocenters. The van der Waals surface area contributed by atoms with Crippen molar-refractivity contribution in [3.8, 4) is 0 Å². The number of carbonyl (C=O) groups excluding carboxylic acids is 5. The van der Waals surface area contributed by atoms with Gasteiger partial charge in [0.05, 0.1) is 0 Å². The fourth-order valence-electron chi connectivity index (χ4n) is 5.08. The molecule has 1 unspecified atom stereocenters. The van der Waals surface area contributed by atoms with E-state index in [0.29, 0.717) is 11.8 Å². The van der Waals surface area contributed by atoms with Gasteiger partial charge in [0, 0.05) is 11.3 Å². The Hall–Kier alpha value is -4.90. The normalized spacial score (nSPS) is 18.3. The molecule has 2 N–H and O–H groups in total. The Morgan fingerprint density at radius 3 is 1.93 bits per heavy atom. The summed E-state index contributed by atoms with van der Waals surface area (Å²) in [6.45, 7) is 5.12. The molecule has 0 aromatic heterocycles. The third-order valence-corrected chi connectivity index (χ3v) is 8.42. The number of fused-ring (bicyclic) bond motifs is 1. The first-order valence-corrected chi connectivity index (χ1v) is 15.4. The van der Waals surface area contributed by atoms with Crippen LogP contribution in [0.3, 0.4) is 0 Å². The van der Waals surface area contributed by atoms with Crippen molar-refractivity contribution in [2.45, 2.75) is 49.9 Å². The van der Waals surface area contributed by atoms with E-state index in [1.165, 1.54) is 16.7 Å². The molecule has 2 heterocycles. The first-order valence-electron chi connectivity index (χ1n) is 14.4. The van der Waals surface area contributed by atoms with Crippen LogP contribution in [0.1, 0.15) is 49.6 Å². The molecule has 0 radical (unpaired) electrons. The minimum absolute atomic E-state index is 0.119. The van der Waals surface area contributed by atoms with Gasteiger partial charge in [0.15, 0.2) is 6.10 Å². The number of esters is 1. The van der Waals surface area contributed by atoms with Gasteiger partial charge in [0.1, 0.15) is 35.0 Å². The molecule has 3 aromatic rings. The predicted molar refractivity (Wildman–Crippen MR) is 167 cm³/mol. The van der Waals surface area contributed by atoms with Gasteiger partial charge in [0.2, 0.25) is 5.91 Å². The lowest BCUT2D eigenvalue weighted by Gasteiger charge is -2.49. The van der Waals surface area contributed by atoms with Gasteiger partial charge in [-0.05, 0) is 37.5 Å². The van der Waals surface area contributed by atoms with E-state index in [4.69, 9.17) is 9.47 Å². The Morgan fingerprint density at radius 2 is 1.42 bits per heavy atom. The summed E-state index contributed by atoms with van der Waals surface area (Å²) in [6.07, 6.45) is -1.03. The van der Waals surface area contributed by atoms with E-state index in [-0.39, 0.29) is 17.0 Å². The first kappa shape index (κ1) is 31.5. The third-order valence-electron chi connectivity index (χ3n) is 7.12. The Bertz CT molecular complexity index is 1570. The van der Waals surface area contributed by atoms with E-state index in [9.17, 15) is 24.0 Å². The monoisotopic (exact) mass is 627 g/mol. The average molecular weight is 628 g/mol. The Kier molecular flexibility index (Phi) is 9.38. The van der Waals surface area contributed by atoms with Crippen LogP contribution >= 0.6 is 11.8 Å². The highest BCUT2D eigenvalue weighted by Crippen LogP contribution is 2.41. The summed E-state index contributed by atoms with van der Waals surface area (Å²) >= 11 is 1.24. The van der Waals surface area contributed by atoms with Gasteiger partial charge >= 0.3 is 12.1 Å². The van der Waals surface area contributed by atoms with E-state index >= 15 is 0 Å². The number of rotatable bonds is 9. The summed E-state index contributed by atoms with van der Waals surface area (Å²) in [4.78, 5) is 66.7. The molecule has 0 aliphatic carbocycles. The third kappa shape index (κ3) is 7.09. The Labute approximate surface area is 265 Å². The van der Waals surface area contributed by atoms with E-state index in [0.717, 1.165) is 11.1 Å². The Balaban J connectivity index is 1.35. The van der Waals surface area contributed by atoms with Crippen molar-refractivity contribution in [2.24, 2.45) is 0 Å². The number of carbonyl (C=O) groups is 5. The molecule has 232 valence electrons. The van der Waals surface area contributed by atoms with Crippen LogP contribution in [0.25, 0.3) is 0 Å². The topological polar surface area (TPSA) is 131 Å². The number of amides is 3. The van der Waals surface area contributed by atoms with Gasteiger partial charge in [-0.1, -0.05) is 91.0 Å². The molecule has 2 aliphatic rings. The van der Waals surface area contributed by atoms with Gasteiger partial charge in [0.25, 0.3) is 5.91 Å². The molecule has 45 heavy (non-hydrogen) atoms. The van der Waals surface area contributed by atoms with Crippen molar-refractivity contribution >= 4 is 41.9 Å². The van der Waals surface area contributed by atoms with Gasteiger partial charge in [-0.15, -0.1) is 11.8 Å². The number of alkyl carbamates (subject to hydrolysis) is 1. The number of thioether (sulfide) groups is 1. The molecule has 1 saturated heterocycles. The van der Waals surface area contributed by atoms with Crippen molar-refractivity contribution in [2.75, 3.05) is 5.75 Å².